The number of esters is 3. The molecule has 0 aromatic carbocycles. The second-order valence-electron chi connectivity index (χ2n) is 12.7. The number of rotatable bonds is 6. The Balaban J connectivity index is 1.57. The minimum atomic E-state index is -0.199. The lowest BCUT2D eigenvalue weighted by atomic mass is 9.43. The summed E-state index contributed by atoms with van der Waals surface area (Å²) in [6.07, 6.45) is 9.80. The summed E-state index contributed by atoms with van der Waals surface area (Å²) in [7, 11) is 1.47. The monoisotopic (exact) mass is 490 g/mol. The van der Waals surface area contributed by atoms with Gasteiger partial charge >= 0.3 is 17.9 Å². The van der Waals surface area contributed by atoms with Gasteiger partial charge in [0.15, 0.2) is 0 Å². The highest BCUT2D eigenvalue weighted by molar-refractivity contribution is 5.69. The first-order valence-electron chi connectivity index (χ1n) is 13.9. The lowest BCUT2D eigenvalue weighted by molar-refractivity contribution is -0.197. The van der Waals surface area contributed by atoms with Crippen LogP contribution < -0.4 is 0 Å². The first-order chi connectivity index (χ1) is 16.5. The van der Waals surface area contributed by atoms with Crippen molar-refractivity contribution in [3.63, 3.8) is 0 Å². The van der Waals surface area contributed by atoms with Gasteiger partial charge in [-0.2, -0.15) is 0 Å². The normalized spacial score (nSPS) is 43.2. The Kier molecular flexibility index (Phi) is 7.60. The van der Waals surface area contributed by atoms with Gasteiger partial charge in [0.2, 0.25) is 0 Å². The van der Waals surface area contributed by atoms with E-state index in [2.05, 4.69) is 20.8 Å². The van der Waals surface area contributed by atoms with E-state index in [1.807, 2.05) is 0 Å². The smallest absolute Gasteiger partial charge is 0.305 e. The highest BCUT2D eigenvalue weighted by Gasteiger charge is 2.63. The van der Waals surface area contributed by atoms with E-state index in [0.29, 0.717) is 41.9 Å². The first-order valence-corrected chi connectivity index (χ1v) is 13.9. The van der Waals surface area contributed by atoms with Crippen LogP contribution in [0.15, 0.2) is 0 Å². The number of carbonyl (C=O) groups excluding carboxylic acids is 3. The molecule has 6 heteroatoms. The molecule has 4 saturated carbocycles. The maximum atomic E-state index is 12.2. The van der Waals surface area contributed by atoms with Crippen molar-refractivity contribution in [2.45, 2.75) is 111 Å². The zero-order chi connectivity index (χ0) is 25.5. The Morgan fingerprint density at radius 2 is 1.54 bits per heavy atom. The van der Waals surface area contributed by atoms with Crippen LogP contribution in [0.25, 0.3) is 0 Å². The first kappa shape index (κ1) is 26.5. The van der Waals surface area contributed by atoms with Gasteiger partial charge < -0.3 is 14.2 Å². The third-order valence-electron chi connectivity index (χ3n) is 11.1. The topological polar surface area (TPSA) is 78.9 Å². The minimum absolute atomic E-state index is 0.0134. The molecule has 198 valence electrons. The predicted molar refractivity (Wildman–Crippen MR) is 132 cm³/mol. The van der Waals surface area contributed by atoms with Crippen molar-refractivity contribution in [2.24, 2.45) is 46.3 Å². The lowest BCUT2D eigenvalue weighted by Crippen LogP contribution is -2.59. The van der Waals surface area contributed by atoms with Gasteiger partial charge in [0.1, 0.15) is 12.2 Å². The molecule has 0 aliphatic heterocycles. The molecule has 4 rings (SSSR count). The molecule has 6 nitrogen and oxygen atoms in total. The largest absolute Gasteiger partial charge is 0.469 e. The summed E-state index contributed by atoms with van der Waals surface area (Å²) in [6.45, 7) is 10.3. The third-order valence-corrected chi connectivity index (χ3v) is 11.1. The number of hydrogen-bond acceptors (Lipinski definition) is 6. The molecule has 0 saturated heterocycles. The van der Waals surface area contributed by atoms with Crippen LogP contribution in [0.4, 0.5) is 0 Å². The van der Waals surface area contributed by atoms with Crippen molar-refractivity contribution in [2.75, 3.05) is 7.11 Å². The quantitative estimate of drug-likeness (QED) is 0.351. The van der Waals surface area contributed by atoms with Crippen LogP contribution in [0.3, 0.4) is 0 Å². The maximum Gasteiger partial charge on any atom is 0.305 e. The molecule has 0 aromatic rings. The number of hydrogen-bond donors (Lipinski definition) is 0. The molecular weight excluding hydrogens is 444 g/mol. The summed E-state index contributed by atoms with van der Waals surface area (Å²) in [5.41, 5.74) is 0.418. The molecule has 35 heavy (non-hydrogen) atoms. The fourth-order valence-electron chi connectivity index (χ4n) is 9.46. The highest BCUT2D eigenvalue weighted by Crippen LogP contribution is 2.68. The van der Waals surface area contributed by atoms with E-state index in [4.69, 9.17) is 14.2 Å². The molecule has 0 N–H and O–H groups in total. The van der Waals surface area contributed by atoms with E-state index in [-0.39, 0.29) is 40.9 Å². The van der Waals surface area contributed by atoms with E-state index < -0.39 is 0 Å². The summed E-state index contributed by atoms with van der Waals surface area (Å²) in [6, 6.07) is 0. The summed E-state index contributed by atoms with van der Waals surface area (Å²) >= 11 is 0. The Morgan fingerprint density at radius 1 is 0.886 bits per heavy atom. The number of methoxy groups -OCH3 is 1. The van der Waals surface area contributed by atoms with Crippen LogP contribution in [-0.2, 0) is 28.6 Å². The van der Waals surface area contributed by atoms with Gasteiger partial charge in [-0.05, 0) is 98.2 Å². The van der Waals surface area contributed by atoms with Crippen LogP contribution >= 0.6 is 0 Å². The second kappa shape index (κ2) is 10.0. The van der Waals surface area contributed by atoms with Gasteiger partial charge in [-0.15, -0.1) is 0 Å². The van der Waals surface area contributed by atoms with E-state index in [0.717, 1.165) is 32.1 Å². The zero-order valence-corrected chi connectivity index (χ0v) is 22.6. The molecular formula is C29H46O6. The number of ether oxygens (including phenoxy) is 3. The van der Waals surface area contributed by atoms with Crippen LogP contribution in [0, 0.1) is 46.3 Å². The van der Waals surface area contributed by atoms with Crippen LogP contribution in [0.2, 0.25) is 0 Å². The van der Waals surface area contributed by atoms with Crippen molar-refractivity contribution in [3.05, 3.63) is 0 Å². The van der Waals surface area contributed by atoms with Crippen LogP contribution in [0.5, 0.6) is 0 Å². The van der Waals surface area contributed by atoms with Crippen molar-refractivity contribution >= 4 is 17.9 Å². The Morgan fingerprint density at radius 3 is 2.20 bits per heavy atom. The van der Waals surface area contributed by atoms with Crippen LogP contribution in [0.1, 0.15) is 98.8 Å². The molecule has 0 aromatic heterocycles. The molecule has 0 amide bonds. The summed E-state index contributed by atoms with van der Waals surface area (Å²) < 4.78 is 16.6. The summed E-state index contributed by atoms with van der Waals surface area (Å²) in [4.78, 5) is 35.6. The molecule has 4 fully saturated rings. The van der Waals surface area contributed by atoms with E-state index in [1.165, 1.54) is 39.7 Å². The molecule has 0 bridgehead atoms. The van der Waals surface area contributed by atoms with Gasteiger partial charge in [-0.25, -0.2) is 0 Å². The number of fused-ring (bicyclic) bond motifs is 5. The Bertz CT molecular complexity index is 824. The fourth-order valence-corrected chi connectivity index (χ4v) is 9.46. The van der Waals surface area contributed by atoms with E-state index >= 15 is 0 Å². The maximum absolute atomic E-state index is 12.2. The average molecular weight is 491 g/mol. The standard InChI is InChI=1S/C29H46O6/c1-17(7-10-26(32)33-6)22-8-9-23-27-24(12-14-29(22,23)5)28(4)13-11-21(34-18(2)30)15-20(28)16-25(27)35-19(3)31/h17,20-25,27H,7-16H2,1-6H3/t17-,20+,21-,22?,23?,24?,25-,27?,28+,29-/m1/s1. The Hall–Kier alpha value is -1.59. The molecule has 0 spiro atoms. The van der Waals surface area contributed by atoms with E-state index in [9.17, 15) is 14.4 Å². The van der Waals surface area contributed by atoms with Gasteiger partial charge in [0.25, 0.3) is 0 Å². The van der Waals surface area contributed by atoms with E-state index in [1.54, 1.807) is 6.92 Å². The third kappa shape index (κ3) is 4.87. The van der Waals surface area contributed by atoms with Crippen LogP contribution in [-0.4, -0.2) is 37.2 Å². The van der Waals surface area contributed by atoms with Crippen molar-refractivity contribution in [3.8, 4) is 0 Å². The van der Waals surface area contributed by atoms with Crippen molar-refractivity contribution < 1.29 is 28.6 Å². The second-order valence-corrected chi connectivity index (χ2v) is 12.7. The van der Waals surface area contributed by atoms with Crippen molar-refractivity contribution in [1.82, 2.24) is 0 Å². The SMILES string of the molecule is COC(=O)CC[C@@H](C)C1CCC2C3C(CC[C@@]21C)[C@@]1(C)CC[C@@H](OC(C)=O)C[C@H]1C[C@H]3OC(C)=O. The van der Waals surface area contributed by atoms with Gasteiger partial charge in [-0.3, -0.25) is 14.4 Å². The average Bonchev–Trinajstić information content (AvgIpc) is 3.14. The molecule has 4 aliphatic carbocycles. The molecule has 10 atom stereocenters. The molecule has 4 aliphatic rings. The zero-order valence-electron chi connectivity index (χ0n) is 22.6. The Labute approximate surface area is 211 Å². The molecule has 4 unspecified atom stereocenters. The van der Waals surface area contributed by atoms with Gasteiger partial charge in [-0.1, -0.05) is 20.8 Å². The summed E-state index contributed by atoms with van der Waals surface area (Å²) in [5.74, 6) is 2.43. The number of carbonyl (C=O) groups is 3. The highest BCUT2D eigenvalue weighted by atomic mass is 16.5. The van der Waals surface area contributed by atoms with Crippen molar-refractivity contribution in [1.29, 1.82) is 0 Å². The fraction of sp³-hybridized carbons (Fsp3) is 0.897. The minimum Gasteiger partial charge on any atom is -0.469 e. The molecule has 0 heterocycles. The van der Waals surface area contributed by atoms with Gasteiger partial charge in [0, 0.05) is 26.2 Å². The lowest BCUT2D eigenvalue weighted by Gasteiger charge is -2.62. The summed E-state index contributed by atoms with van der Waals surface area (Å²) in [5, 5.41) is 0. The predicted octanol–water partition coefficient (Wildman–Crippen LogP) is 5.71. The van der Waals surface area contributed by atoms with Gasteiger partial charge in [0.05, 0.1) is 7.11 Å². The molecule has 0 radical (unpaired) electrons.